The van der Waals surface area contributed by atoms with Crippen LogP contribution in [0.15, 0.2) is 30.5 Å². The van der Waals surface area contributed by atoms with Crippen molar-refractivity contribution in [1.82, 2.24) is 19.8 Å². The normalized spacial score (nSPS) is 19.0. The summed E-state index contributed by atoms with van der Waals surface area (Å²) < 4.78 is 5.33. The minimum absolute atomic E-state index is 0.0378. The second-order valence-electron chi connectivity index (χ2n) is 8.66. The lowest BCUT2D eigenvalue weighted by atomic mass is 9.96. The number of carbonyl (C=O) groups is 2. The van der Waals surface area contributed by atoms with E-state index in [0.29, 0.717) is 55.5 Å². The van der Waals surface area contributed by atoms with Crippen molar-refractivity contribution >= 4 is 17.5 Å². The van der Waals surface area contributed by atoms with Crippen molar-refractivity contribution < 1.29 is 14.3 Å². The summed E-state index contributed by atoms with van der Waals surface area (Å²) in [5.74, 6) is 0.774. The Morgan fingerprint density at radius 2 is 1.75 bits per heavy atom. The smallest absolute Gasteiger partial charge is 0.257 e. The number of piperidine rings is 1. The predicted octanol–water partition coefficient (Wildman–Crippen LogP) is 2.34. The van der Waals surface area contributed by atoms with Gasteiger partial charge in [-0.05, 0) is 44.0 Å². The first-order valence-electron chi connectivity index (χ1n) is 11.2. The van der Waals surface area contributed by atoms with Gasteiger partial charge in [0.1, 0.15) is 5.82 Å². The first-order chi connectivity index (χ1) is 15.4. The van der Waals surface area contributed by atoms with E-state index < -0.39 is 0 Å². The van der Waals surface area contributed by atoms with Crippen LogP contribution in [0.5, 0.6) is 0 Å². The Kier molecular flexibility index (Phi) is 6.69. The fourth-order valence-electron chi connectivity index (χ4n) is 4.29. The Bertz CT molecular complexity index is 970. The van der Waals surface area contributed by atoms with Gasteiger partial charge in [-0.2, -0.15) is 0 Å². The van der Waals surface area contributed by atoms with E-state index in [4.69, 9.17) is 4.74 Å². The molecule has 0 bridgehead atoms. The summed E-state index contributed by atoms with van der Waals surface area (Å²) in [7, 11) is 3.96. The van der Waals surface area contributed by atoms with Crippen LogP contribution in [0.3, 0.4) is 0 Å². The number of aryl methyl sites for hydroxylation is 1. The van der Waals surface area contributed by atoms with Gasteiger partial charge >= 0.3 is 0 Å². The van der Waals surface area contributed by atoms with Gasteiger partial charge in [0.15, 0.2) is 0 Å². The molecule has 1 aromatic heterocycles. The van der Waals surface area contributed by atoms with Gasteiger partial charge in [0.05, 0.1) is 24.5 Å². The molecule has 0 spiro atoms. The maximum atomic E-state index is 13.1. The average molecular weight is 438 g/mol. The average Bonchev–Trinajstić information content (AvgIpc) is 2.84. The van der Waals surface area contributed by atoms with Crippen molar-refractivity contribution in [3.8, 4) is 0 Å². The van der Waals surface area contributed by atoms with E-state index in [0.717, 1.165) is 25.1 Å². The Labute approximate surface area is 189 Å². The van der Waals surface area contributed by atoms with Crippen molar-refractivity contribution in [3.05, 3.63) is 53.1 Å². The van der Waals surface area contributed by atoms with Crippen LogP contribution in [-0.4, -0.2) is 85.1 Å². The van der Waals surface area contributed by atoms with E-state index in [1.54, 1.807) is 11.1 Å². The number of hydrogen-bond donors (Lipinski definition) is 0. The minimum Gasteiger partial charge on any atom is -0.378 e. The molecule has 1 atom stereocenters. The number of nitrogens with zero attached hydrogens (tertiary/aromatic N) is 5. The van der Waals surface area contributed by atoms with Crippen molar-refractivity contribution in [2.24, 2.45) is 0 Å². The molecule has 2 amide bonds. The van der Waals surface area contributed by atoms with Gasteiger partial charge in [-0.15, -0.1) is 0 Å². The molecule has 3 heterocycles. The predicted molar refractivity (Wildman–Crippen MR) is 122 cm³/mol. The van der Waals surface area contributed by atoms with Gasteiger partial charge in [0, 0.05) is 63.6 Å². The monoisotopic (exact) mass is 437 g/mol. The zero-order valence-corrected chi connectivity index (χ0v) is 19.1. The highest BCUT2D eigenvalue weighted by atomic mass is 16.5. The van der Waals surface area contributed by atoms with Gasteiger partial charge < -0.3 is 19.4 Å². The minimum atomic E-state index is -0.0426. The zero-order valence-electron chi connectivity index (χ0n) is 19.1. The number of anilines is 1. The molecule has 2 aromatic rings. The van der Waals surface area contributed by atoms with Crippen LogP contribution in [0.25, 0.3) is 0 Å². The lowest BCUT2D eigenvalue weighted by Crippen LogP contribution is -2.41. The SMILES string of the molecule is Cc1nc([C@@H]2CCCN(C(=O)c3ccc(N(C)C)cc3)C2)ncc1C(=O)N1CCOCC1. The number of ether oxygens (including phenoxy) is 1. The largest absolute Gasteiger partial charge is 0.378 e. The Balaban J connectivity index is 1.45. The van der Waals surface area contributed by atoms with Crippen molar-refractivity contribution in [1.29, 1.82) is 0 Å². The maximum absolute atomic E-state index is 13.1. The molecule has 0 radical (unpaired) electrons. The molecule has 4 rings (SSSR count). The quantitative estimate of drug-likeness (QED) is 0.731. The highest BCUT2D eigenvalue weighted by Crippen LogP contribution is 2.26. The summed E-state index contributed by atoms with van der Waals surface area (Å²) in [6, 6.07) is 7.69. The Hall–Kier alpha value is -3.00. The van der Waals surface area contributed by atoms with Gasteiger partial charge in [0.2, 0.25) is 0 Å². The van der Waals surface area contributed by atoms with Crippen LogP contribution < -0.4 is 4.90 Å². The van der Waals surface area contributed by atoms with Crippen LogP contribution >= 0.6 is 0 Å². The first kappa shape index (κ1) is 22.2. The van der Waals surface area contributed by atoms with Crippen molar-refractivity contribution in [2.75, 3.05) is 58.4 Å². The number of hydrogen-bond acceptors (Lipinski definition) is 6. The highest BCUT2D eigenvalue weighted by molar-refractivity contribution is 5.95. The topological polar surface area (TPSA) is 78.9 Å². The molecule has 8 heteroatoms. The molecule has 0 N–H and O–H groups in total. The summed E-state index contributed by atoms with van der Waals surface area (Å²) in [4.78, 5) is 40.8. The highest BCUT2D eigenvalue weighted by Gasteiger charge is 2.28. The van der Waals surface area contributed by atoms with Gasteiger partial charge in [0.25, 0.3) is 11.8 Å². The number of benzene rings is 1. The lowest BCUT2D eigenvalue weighted by molar-refractivity contribution is 0.0301. The van der Waals surface area contributed by atoms with E-state index in [1.807, 2.05) is 55.1 Å². The Morgan fingerprint density at radius 3 is 2.41 bits per heavy atom. The third-order valence-corrected chi connectivity index (χ3v) is 6.23. The van der Waals surface area contributed by atoms with Crippen LogP contribution in [0.4, 0.5) is 5.69 Å². The molecule has 0 unspecified atom stereocenters. The molecule has 2 saturated heterocycles. The number of rotatable bonds is 4. The van der Waals surface area contributed by atoms with Gasteiger partial charge in [-0.1, -0.05) is 0 Å². The summed E-state index contributed by atoms with van der Waals surface area (Å²) >= 11 is 0. The zero-order chi connectivity index (χ0) is 22.7. The lowest BCUT2D eigenvalue weighted by Gasteiger charge is -2.32. The number of likely N-dealkylation sites (tertiary alicyclic amines) is 1. The third-order valence-electron chi connectivity index (χ3n) is 6.23. The first-order valence-corrected chi connectivity index (χ1v) is 11.2. The fraction of sp³-hybridized carbons (Fsp3) is 0.500. The maximum Gasteiger partial charge on any atom is 0.257 e. The van der Waals surface area contributed by atoms with E-state index in [2.05, 4.69) is 9.97 Å². The van der Waals surface area contributed by atoms with Crippen LogP contribution in [0.1, 0.15) is 51.0 Å². The fourth-order valence-corrected chi connectivity index (χ4v) is 4.29. The molecular formula is C24H31N5O3. The molecule has 0 aliphatic carbocycles. The Morgan fingerprint density at radius 1 is 1.03 bits per heavy atom. The number of morpholine rings is 1. The molecule has 8 nitrogen and oxygen atoms in total. The van der Waals surface area contributed by atoms with Crippen LogP contribution in [-0.2, 0) is 4.74 Å². The van der Waals surface area contributed by atoms with Crippen molar-refractivity contribution in [3.63, 3.8) is 0 Å². The summed E-state index contributed by atoms with van der Waals surface area (Å²) in [5, 5.41) is 0. The number of aromatic nitrogens is 2. The molecule has 1 aromatic carbocycles. The van der Waals surface area contributed by atoms with Crippen LogP contribution in [0.2, 0.25) is 0 Å². The second-order valence-corrected chi connectivity index (χ2v) is 8.66. The molecule has 170 valence electrons. The third kappa shape index (κ3) is 4.75. The van der Waals surface area contributed by atoms with E-state index >= 15 is 0 Å². The van der Waals surface area contributed by atoms with E-state index in [9.17, 15) is 9.59 Å². The molecule has 2 fully saturated rings. The summed E-state index contributed by atoms with van der Waals surface area (Å²) in [5.41, 5.74) is 2.99. The summed E-state index contributed by atoms with van der Waals surface area (Å²) in [6.45, 7) is 5.49. The summed E-state index contributed by atoms with van der Waals surface area (Å²) in [6.07, 6.45) is 3.48. The molecule has 0 saturated carbocycles. The van der Waals surface area contributed by atoms with Gasteiger partial charge in [-0.3, -0.25) is 9.59 Å². The second kappa shape index (κ2) is 9.65. The molecular weight excluding hydrogens is 406 g/mol. The van der Waals surface area contributed by atoms with E-state index in [1.165, 1.54) is 0 Å². The van der Waals surface area contributed by atoms with Crippen molar-refractivity contribution in [2.45, 2.75) is 25.7 Å². The molecule has 2 aliphatic rings. The molecule has 32 heavy (non-hydrogen) atoms. The standard InChI is InChI=1S/C24H31N5O3/c1-17-21(24(31)28-11-13-32-14-12-28)15-25-22(26-17)19-5-4-10-29(16-19)23(30)18-6-8-20(9-7-18)27(2)3/h6-9,15,19H,4-5,10-14,16H2,1-3H3/t19-/m1/s1. The number of carbonyl (C=O) groups excluding carboxylic acids is 2. The molecule has 2 aliphatic heterocycles. The van der Waals surface area contributed by atoms with E-state index in [-0.39, 0.29) is 17.7 Å². The number of amides is 2. The van der Waals surface area contributed by atoms with Crippen LogP contribution in [0, 0.1) is 6.92 Å². The van der Waals surface area contributed by atoms with Gasteiger partial charge in [-0.25, -0.2) is 9.97 Å².